The molecule has 1 aromatic rings. The number of pyridine rings is 1. The van der Waals surface area contributed by atoms with Crippen molar-refractivity contribution in [1.82, 2.24) is 4.98 Å². The minimum Gasteiger partial charge on any atom is -0.317 e. The number of carbonyl (C=O) groups excluding carboxylic acids is 1. The highest BCUT2D eigenvalue weighted by Crippen LogP contribution is 2.04. The first-order valence-electron chi connectivity index (χ1n) is 4.13. The van der Waals surface area contributed by atoms with Gasteiger partial charge in [0.05, 0.1) is 0 Å². The van der Waals surface area contributed by atoms with E-state index in [2.05, 4.69) is 18.6 Å². The van der Waals surface area contributed by atoms with Crippen molar-refractivity contribution in [2.45, 2.75) is 19.8 Å². The third kappa shape index (κ3) is 3.60. The van der Waals surface area contributed by atoms with Gasteiger partial charge in [0, 0.05) is 6.20 Å². The first-order chi connectivity index (χ1) is 6.38. The van der Waals surface area contributed by atoms with E-state index in [1.807, 2.05) is 12.1 Å². The molecule has 0 radical (unpaired) electrons. The largest absolute Gasteiger partial charge is 0.317 e. The van der Waals surface area contributed by atoms with Gasteiger partial charge in [0.1, 0.15) is 5.69 Å². The van der Waals surface area contributed by atoms with Crippen molar-refractivity contribution in [1.29, 1.82) is 5.41 Å². The fraction of sp³-hybridized carbons (Fsp3) is 0.300. The molecule has 1 heterocycles. The van der Waals surface area contributed by atoms with Crippen LogP contribution in [0.2, 0.25) is 0 Å². The number of hydrogen-bond acceptors (Lipinski definition) is 3. The predicted molar refractivity (Wildman–Crippen MR) is 53.5 cm³/mol. The molecule has 70 valence electrons. The van der Waals surface area contributed by atoms with Crippen LogP contribution in [-0.2, 0) is 6.42 Å². The molecule has 0 fully saturated rings. The molecule has 0 saturated carbocycles. The maximum absolute atomic E-state index is 10.4. The standard InChI is InChI=1S/C9H11NO.CH3N/c1-2-4-8-5-3-6-10-9(8)7-11;1-2/h3,5-7H,2,4H2,1H3;2H,1H2. The van der Waals surface area contributed by atoms with E-state index in [0.29, 0.717) is 5.69 Å². The van der Waals surface area contributed by atoms with Crippen LogP contribution in [0.5, 0.6) is 0 Å². The molecule has 0 bridgehead atoms. The Morgan fingerprint density at radius 1 is 1.62 bits per heavy atom. The van der Waals surface area contributed by atoms with Crippen LogP contribution in [0.1, 0.15) is 29.4 Å². The van der Waals surface area contributed by atoms with Crippen molar-refractivity contribution < 1.29 is 4.79 Å². The van der Waals surface area contributed by atoms with Crippen LogP contribution in [0.15, 0.2) is 18.3 Å². The van der Waals surface area contributed by atoms with Crippen molar-refractivity contribution in [3.63, 3.8) is 0 Å². The average molecular weight is 178 g/mol. The minimum absolute atomic E-state index is 0.578. The molecule has 0 atom stereocenters. The highest BCUT2D eigenvalue weighted by atomic mass is 16.1. The molecule has 0 unspecified atom stereocenters. The first kappa shape index (κ1) is 11.5. The second kappa shape index (κ2) is 7.16. The summed E-state index contributed by atoms with van der Waals surface area (Å²) >= 11 is 0. The molecule has 0 amide bonds. The minimum atomic E-state index is 0.578. The summed E-state index contributed by atoms with van der Waals surface area (Å²) in [6.07, 6.45) is 4.43. The van der Waals surface area contributed by atoms with E-state index < -0.39 is 0 Å². The molecule has 3 nitrogen and oxygen atoms in total. The van der Waals surface area contributed by atoms with Crippen LogP contribution < -0.4 is 0 Å². The Morgan fingerprint density at radius 2 is 2.31 bits per heavy atom. The number of aromatic nitrogens is 1. The Bertz CT molecular complexity index is 261. The number of nitrogens with one attached hydrogen (secondary N) is 1. The zero-order valence-electron chi connectivity index (χ0n) is 7.79. The third-order valence-corrected chi connectivity index (χ3v) is 1.56. The maximum Gasteiger partial charge on any atom is 0.168 e. The summed E-state index contributed by atoms with van der Waals surface area (Å²) in [4.78, 5) is 14.4. The molecule has 0 aromatic carbocycles. The molecular formula is C10H14N2O. The molecule has 1 aromatic heterocycles. The summed E-state index contributed by atoms with van der Waals surface area (Å²) in [6.45, 7) is 4.58. The van der Waals surface area contributed by atoms with Gasteiger partial charge in [-0.25, -0.2) is 0 Å². The second-order valence-corrected chi connectivity index (χ2v) is 2.42. The number of aryl methyl sites for hydroxylation is 1. The predicted octanol–water partition coefficient (Wildman–Crippen LogP) is 2.11. The van der Waals surface area contributed by atoms with Crippen molar-refractivity contribution in [3.8, 4) is 0 Å². The van der Waals surface area contributed by atoms with Gasteiger partial charge < -0.3 is 5.41 Å². The van der Waals surface area contributed by atoms with Crippen LogP contribution in [0.25, 0.3) is 0 Å². The van der Waals surface area contributed by atoms with Crippen molar-refractivity contribution >= 4 is 13.0 Å². The molecule has 0 aliphatic heterocycles. The Balaban J connectivity index is 0.000000671. The molecule has 0 spiro atoms. The van der Waals surface area contributed by atoms with Crippen LogP contribution in [-0.4, -0.2) is 18.0 Å². The topological polar surface area (TPSA) is 53.8 Å². The highest BCUT2D eigenvalue weighted by molar-refractivity contribution is 5.73. The van der Waals surface area contributed by atoms with Crippen LogP contribution in [0.3, 0.4) is 0 Å². The summed E-state index contributed by atoms with van der Waals surface area (Å²) in [5, 5.41) is 5.50. The van der Waals surface area contributed by atoms with Crippen molar-refractivity contribution in [2.75, 3.05) is 0 Å². The number of rotatable bonds is 3. The van der Waals surface area contributed by atoms with Gasteiger partial charge in [-0.3, -0.25) is 9.78 Å². The molecule has 13 heavy (non-hydrogen) atoms. The van der Waals surface area contributed by atoms with Crippen LogP contribution in [0.4, 0.5) is 0 Å². The molecule has 0 saturated heterocycles. The Labute approximate surface area is 78.3 Å². The van der Waals surface area contributed by atoms with E-state index in [-0.39, 0.29) is 0 Å². The third-order valence-electron chi connectivity index (χ3n) is 1.56. The van der Waals surface area contributed by atoms with E-state index in [1.165, 1.54) is 0 Å². The Hall–Kier alpha value is -1.51. The SMILES string of the molecule is C=N.CCCc1cccnc1C=O. The van der Waals surface area contributed by atoms with Crippen molar-refractivity contribution in [2.24, 2.45) is 0 Å². The molecule has 1 N–H and O–H groups in total. The summed E-state index contributed by atoms with van der Waals surface area (Å²) < 4.78 is 0. The van der Waals surface area contributed by atoms with E-state index in [4.69, 9.17) is 5.41 Å². The molecular weight excluding hydrogens is 164 g/mol. The summed E-state index contributed by atoms with van der Waals surface area (Å²) in [5.74, 6) is 0. The van der Waals surface area contributed by atoms with Crippen molar-refractivity contribution in [3.05, 3.63) is 29.6 Å². The van der Waals surface area contributed by atoms with Gasteiger partial charge in [-0.1, -0.05) is 19.4 Å². The molecule has 0 aliphatic rings. The lowest BCUT2D eigenvalue weighted by atomic mass is 10.1. The number of carbonyl (C=O) groups is 1. The fourth-order valence-corrected chi connectivity index (χ4v) is 1.04. The van der Waals surface area contributed by atoms with Gasteiger partial charge in [0.15, 0.2) is 6.29 Å². The van der Waals surface area contributed by atoms with Gasteiger partial charge in [-0.2, -0.15) is 0 Å². The van der Waals surface area contributed by atoms with Crippen LogP contribution >= 0.6 is 0 Å². The number of hydrogen-bond donors (Lipinski definition) is 1. The lowest BCUT2D eigenvalue weighted by molar-refractivity contribution is 0.111. The lowest BCUT2D eigenvalue weighted by Crippen LogP contribution is -1.94. The molecule has 1 rings (SSSR count). The zero-order chi connectivity index (χ0) is 10.1. The van der Waals surface area contributed by atoms with E-state index in [0.717, 1.165) is 24.7 Å². The second-order valence-electron chi connectivity index (χ2n) is 2.42. The monoisotopic (exact) mass is 178 g/mol. The van der Waals surface area contributed by atoms with Crippen LogP contribution in [0, 0.1) is 5.41 Å². The van der Waals surface area contributed by atoms with Gasteiger partial charge >= 0.3 is 0 Å². The Morgan fingerprint density at radius 3 is 2.85 bits per heavy atom. The fourth-order valence-electron chi connectivity index (χ4n) is 1.04. The Kier molecular flexibility index (Phi) is 6.32. The first-order valence-corrected chi connectivity index (χ1v) is 4.13. The number of aldehydes is 1. The van der Waals surface area contributed by atoms with Gasteiger partial charge in [0.25, 0.3) is 0 Å². The van der Waals surface area contributed by atoms with E-state index in [9.17, 15) is 4.79 Å². The van der Waals surface area contributed by atoms with E-state index >= 15 is 0 Å². The highest BCUT2D eigenvalue weighted by Gasteiger charge is 1.98. The molecule has 0 aliphatic carbocycles. The smallest absolute Gasteiger partial charge is 0.168 e. The van der Waals surface area contributed by atoms with Gasteiger partial charge in [-0.15, -0.1) is 0 Å². The van der Waals surface area contributed by atoms with E-state index in [1.54, 1.807) is 6.20 Å². The van der Waals surface area contributed by atoms with Gasteiger partial charge in [0.2, 0.25) is 0 Å². The summed E-state index contributed by atoms with van der Waals surface area (Å²) in [6, 6.07) is 3.80. The quantitative estimate of drug-likeness (QED) is 0.569. The zero-order valence-corrected chi connectivity index (χ0v) is 7.79. The summed E-state index contributed by atoms with van der Waals surface area (Å²) in [5.41, 5.74) is 1.62. The normalized spacial score (nSPS) is 8.38. The van der Waals surface area contributed by atoms with Gasteiger partial charge in [-0.05, 0) is 24.8 Å². The lowest BCUT2D eigenvalue weighted by Gasteiger charge is -1.99. The summed E-state index contributed by atoms with van der Waals surface area (Å²) in [7, 11) is 0. The average Bonchev–Trinajstić information content (AvgIpc) is 2.22. The molecule has 3 heteroatoms. The number of nitrogens with zero attached hydrogens (tertiary/aromatic N) is 1. The maximum atomic E-state index is 10.4.